The SMILES string of the molecule is CC1CCC(N)C(c2cccc(C=O)c2)N1. The maximum atomic E-state index is 10.7. The van der Waals surface area contributed by atoms with Crippen LogP contribution >= 0.6 is 0 Å². The highest BCUT2D eigenvalue weighted by Gasteiger charge is 2.26. The Morgan fingerprint density at radius 3 is 3.00 bits per heavy atom. The van der Waals surface area contributed by atoms with Gasteiger partial charge in [0.1, 0.15) is 6.29 Å². The number of nitrogens with one attached hydrogen (secondary N) is 1. The zero-order valence-corrected chi connectivity index (χ0v) is 9.52. The molecule has 16 heavy (non-hydrogen) atoms. The topological polar surface area (TPSA) is 55.1 Å². The quantitative estimate of drug-likeness (QED) is 0.742. The highest BCUT2D eigenvalue weighted by Crippen LogP contribution is 2.25. The minimum atomic E-state index is 0.137. The first kappa shape index (κ1) is 11.3. The number of carbonyl (C=O) groups excluding carboxylic acids is 1. The smallest absolute Gasteiger partial charge is 0.150 e. The summed E-state index contributed by atoms with van der Waals surface area (Å²) < 4.78 is 0. The van der Waals surface area contributed by atoms with Crippen molar-refractivity contribution in [2.24, 2.45) is 5.73 Å². The van der Waals surface area contributed by atoms with Gasteiger partial charge in [0.05, 0.1) is 0 Å². The van der Waals surface area contributed by atoms with Crippen molar-refractivity contribution in [3.8, 4) is 0 Å². The molecule has 0 aliphatic carbocycles. The second kappa shape index (κ2) is 4.76. The Morgan fingerprint density at radius 1 is 1.44 bits per heavy atom. The van der Waals surface area contributed by atoms with E-state index in [1.54, 1.807) is 0 Å². The summed E-state index contributed by atoms with van der Waals surface area (Å²) in [7, 11) is 0. The van der Waals surface area contributed by atoms with Gasteiger partial charge in [0.15, 0.2) is 0 Å². The zero-order chi connectivity index (χ0) is 11.5. The van der Waals surface area contributed by atoms with Crippen molar-refractivity contribution in [1.82, 2.24) is 5.32 Å². The molecule has 3 nitrogen and oxygen atoms in total. The second-order valence-electron chi connectivity index (χ2n) is 4.57. The molecular formula is C13H18N2O. The van der Waals surface area contributed by atoms with Crippen LogP contribution in [-0.2, 0) is 0 Å². The fourth-order valence-electron chi connectivity index (χ4n) is 2.29. The lowest BCUT2D eigenvalue weighted by molar-refractivity contribution is 0.112. The first-order valence-electron chi connectivity index (χ1n) is 5.77. The minimum absolute atomic E-state index is 0.137. The molecule has 86 valence electrons. The van der Waals surface area contributed by atoms with E-state index in [0.29, 0.717) is 11.6 Å². The van der Waals surface area contributed by atoms with Gasteiger partial charge in [0.2, 0.25) is 0 Å². The maximum absolute atomic E-state index is 10.7. The van der Waals surface area contributed by atoms with Crippen molar-refractivity contribution in [3.63, 3.8) is 0 Å². The van der Waals surface area contributed by atoms with E-state index in [4.69, 9.17) is 5.73 Å². The van der Waals surface area contributed by atoms with E-state index in [-0.39, 0.29) is 12.1 Å². The largest absolute Gasteiger partial charge is 0.326 e. The first-order chi connectivity index (χ1) is 7.70. The van der Waals surface area contributed by atoms with Crippen LogP contribution in [0.2, 0.25) is 0 Å². The molecule has 1 saturated heterocycles. The average Bonchev–Trinajstić information content (AvgIpc) is 2.32. The van der Waals surface area contributed by atoms with Crippen LogP contribution in [0.15, 0.2) is 24.3 Å². The number of hydrogen-bond donors (Lipinski definition) is 2. The lowest BCUT2D eigenvalue weighted by Gasteiger charge is -2.34. The van der Waals surface area contributed by atoms with Crippen LogP contribution in [0.25, 0.3) is 0 Å². The molecule has 1 aromatic carbocycles. The van der Waals surface area contributed by atoms with Gasteiger partial charge in [-0.1, -0.05) is 18.2 Å². The summed E-state index contributed by atoms with van der Waals surface area (Å²) in [6.45, 7) is 2.17. The van der Waals surface area contributed by atoms with Crippen molar-refractivity contribution in [2.45, 2.75) is 37.9 Å². The van der Waals surface area contributed by atoms with Gasteiger partial charge in [0.25, 0.3) is 0 Å². The number of benzene rings is 1. The maximum Gasteiger partial charge on any atom is 0.150 e. The molecule has 0 saturated carbocycles. The third-order valence-electron chi connectivity index (χ3n) is 3.23. The van der Waals surface area contributed by atoms with E-state index in [1.807, 2.05) is 24.3 Å². The summed E-state index contributed by atoms with van der Waals surface area (Å²) in [6.07, 6.45) is 3.02. The monoisotopic (exact) mass is 218 g/mol. The highest BCUT2D eigenvalue weighted by atomic mass is 16.1. The molecule has 1 aromatic rings. The summed E-state index contributed by atoms with van der Waals surface area (Å²) in [5.74, 6) is 0. The number of piperidine rings is 1. The third-order valence-corrected chi connectivity index (χ3v) is 3.23. The van der Waals surface area contributed by atoms with Gasteiger partial charge in [-0.3, -0.25) is 4.79 Å². The van der Waals surface area contributed by atoms with Gasteiger partial charge in [-0.05, 0) is 31.4 Å². The Morgan fingerprint density at radius 2 is 2.25 bits per heavy atom. The van der Waals surface area contributed by atoms with E-state index in [9.17, 15) is 4.79 Å². The van der Waals surface area contributed by atoms with Crippen molar-refractivity contribution < 1.29 is 4.79 Å². The van der Waals surface area contributed by atoms with Gasteiger partial charge < -0.3 is 11.1 Å². The Kier molecular flexibility index (Phi) is 3.36. The predicted octanol–water partition coefficient (Wildman–Crippen LogP) is 1.64. The Balaban J connectivity index is 2.23. The first-order valence-corrected chi connectivity index (χ1v) is 5.77. The standard InChI is InChI=1S/C13H18N2O/c1-9-5-6-12(14)13(15-9)11-4-2-3-10(7-11)8-16/h2-4,7-9,12-13,15H,5-6,14H2,1H3. The Hall–Kier alpha value is -1.19. The minimum Gasteiger partial charge on any atom is -0.326 e. The van der Waals surface area contributed by atoms with Crippen LogP contribution in [0.5, 0.6) is 0 Å². The lowest BCUT2D eigenvalue weighted by Crippen LogP contribution is -2.46. The van der Waals surface area contributed by atoms with E-state index in [0.717, 1.165) is 24.7 Å². The van der Waals surface area contributed by atoms with Crippen LogP contribution < -0.4 is 11.1 Å². The van der Waals surface area contributed by atoms with Crippen molar-refractivity contribution >= 4 is 6.29 Å². The van der Waals surface area contributed by atoms with Gasteiger partial charge in [-0.15, -0.1) is 0 Å². The second-order valence-corrected chi connectivity index (χ2v) is 4.57. The number of rotatable bonds is 2. The third kappa shape index (κ3) is 2.31. The number of aldehydes is 1. The summed E-state index contributed by atoms with van der Waals surface area (Å²) in [4.78, 5) is 10.7. The van der Waals surface area contributed by atoms with Gasteiger partial charge in [0, 0.05) is 23.7 Å². The lowest BCUT2D eigenvalue weighted by atomic mass is 9.89. The molecule has 1 aliphatic heterocycles. The summed E-state index contributed by atoms with van der Waals surface area (Å²) in [6, 6.07) is 8.47. The van der Waals surface area contributed by atoms with Gasteiger partial charge in [-0.2, -0.15) is 0 Å². The zero-order valence-electron chi connectivity index (χ0n) is 9.52. The Labute approximate surface area is 96.0 Å². The van der Waals surface area contributed by atoms with Crippen LogP contribution in [0, 0.1) is 0 Å². The molecule has 2 rings (SSSR count). The molecule has 0 radical (unpaired) electrons. The van der Waals surface area contributed by atoms with Gasteiger partial charge in [-0.25, -0.2) is 0 Å². The fraction of sp³-hybridized carbons (Fsp3) is 0.462. The number of carbonyl (C=O) groups is 1. The van der Waals surface area contributed by atoms with Crippen LogP contribution in [0.4, 0.5) is 0 Å². The highest BCUT2D eigenvalue weighted by molar-refractivity contribution is 5.75. The summed E-state index contributed by atoms with van der Waals surface area (Å²) >= 11 is 0. The number of nitrogens with two attached hydrogens (primary N) is 1. The van der Waals surface area contributed by atoms with E-state index in [2.05, 4.69) is 12.2 Å². The number of hydrogen-bond acceptors (Lipinski definition) is 3. The molecule has 3 unspecified atom stereocenters. The summed E-state index contributed by atoms with van der Waals surface area (Å²) in [5.41, 5.74) is 7.94. The van der Waals surface area contributed by atoms with Crippen molar-refractivity contribution in [3.05, 3.63) is 35.4 Å². The van der Waals surface area contributed by atoms with Crippen LogP contribution in [0.3, 0.4) is 0 Å². The molecule has 0 spiro atoms. The molecule has 0 amide bonds. The van der Waals surface area contributed by atoms with Crippen molar-refractivity contribution in [2.75, 3.05) is 0 Å². The van der Waals surface area contributed by atoms with E-state index >= 15 is 0 Å². The molecule has 3 heteroatoms. The Bertz CT molecular complexity index is 378. The summed E-state index contributed by atoms with van der Waals surface area (Å²) in [5, 5.41) is 3.49. The molecule has 1 fully saturated rings. The van der Waals surface area contributed by atoms with Crippen molar-refractivity contribution in [1.29, 1.82) is 0 Å². The van der Waals surface area contributed by atoms with Crippen LogP contribution in [-0.4, -0.2) is 18.4 Å². The average molecular weight is 218 g/mol. The molecular weight excluding hydrogens is 200 g/mol. The molecule has 1 aliphatic rings. The molecule has 0 bridgehead atoms. The predicted molar refractivity (Wildman–Crippen MR) is 64.4 cm³/mol. The molecule has 3 atom stereocenters. The molecule has 0 aromatic heterocycles. The van der Waals surface area contributed by atoms with E-state index < -0.39 is 0 Å². The molecule has 3 N–H and O–H groups in total. The van der Waals surface area contributed by atoms with Crippen LogP contribution in [0.1, 0.15) is 41.7 Å². The van der Waals surface area contributed by atoms with E-state index in [1.165, 1.54) is 0 Å². The molecule has 1 heterocycles. The van der Waals surface area contributed by atoms with Gasteiger partial charge >= 0.3 is 0 Å². The fourth-order valence-corrected chi connectivity index (χ4v) is 2.29. The normalized spacial score (nSPS) is 30.0.